The molecular formula is C16H27NO2. The summed E-state index contributed by atoms with van der Waals surface area (Å²) in [5.74, 6) is 0.768. The Morgan fingerprint density at radius 2 is 2.05 bits per heavy atom. The van der Waals surface area contributed by atoms with Crippen molar-refractivity contribution in [3.63, 3.8) is 0 Å². The van der Waals surface area contributed by atoms with Crippen molar-refractivity contribution in [2.45, 2.75) is 39.7 Å². The molecule has 0 heterocycles. The maximum atomic E-state index is 10.4. The first kappa shape index (κ1) is 16.0. The Kier molecular flexibility index (Phi) is 6.89. The van der Waals surface area contributed by atoms with E-state index >= 15 is 0 Å². The van der Waals surface area contributed by atoms with E-state index < -0.39 is 6.10 Å². The van der Waals surface area contributed by atoms with Crippen molar-refractivity contribution in [1.82, 2.24) is 4.90 Å². The molecule has 0 aliphatic rings. The second-order valence-electron chi connectivity index (χ2n) is 5.01. The first-order valence-electron chi connectivity index (χ1n) is 7.17. The van der Waals surface area contributed by atoms with E-state index in [4.69, 9.17) is 4.74 Å². The van der Waals surface area contributed by atoms with Gasteiger partial charge in [0.25, 0.3) is 0 Å². The zero-order chi connectivity index (χ0) is 14.3. The Labute approximate surface area is 117 Å². The topological polar surface area (TPSA) is 32.7 Å². The number of rotatable bonds is 8. The van der Waals surface area contributed by atoms with E-state index in [9.17, 15) is 5.11 Å². The van der Waals surface area contributed by atoms with Gasteiger partial charge in [-0.1, -0.05) is 31.9 Å². The Morgan fingerprint density at radius 3 is 2.63 bits per heavy atom. The van der Waals surface area contributed by atoms with Crippen LogP contribution in [0.15, 0.2) is 18.2 Å². The quantitative estimate of drug-likeness (QED) is 0.783. The molecule has 1 aromatic rings. The van der Waals surface area contributed by atoms with Crippen LogP contribution in [0.3, 0.4) is 0 Å². The smallest absolute Gasteiger partial charge is 0.124 e. The molecule has 1 aromatic carbocycles. The van der Waals surface area contributed by atoms with Crippen LogP contribution in [0.25, 0.3) is 0 Å². The van der Waals surface area contributed by atoms with Gasteiger partial charge in [-0.15, -0.1) is 0 Å². The lowest BCUT2D eigenvalue weighted by Gasteiger charge is -2.24. The summed E-state index contributed by atoms with van der Waals surface area (Å²) >= 11 is 0. The number of hydrogen-bond donors (Lipinski definition) is 1. The van der Waals surface area contributed by atoms with Gasteiger partial charge < -0.3 is 14.7 Å². The van der Waals surface area contributed by atoms with Crippen LogP contribution in [0, 0.1) is 6.92 Å². The van der Waals surface area contributed by atoms with Crippen molar-refractivity contribution in [1.29, 1.82) is 0 Å². The van der Waals surface area contributed by atoms with Gasteiger partial charge in [0.2, 0.25) is 0 Å². The molecule has 0 aliphatic carbocycles. The molecule has 0 amide bonds. The van der Waals surface area contributed by atoms with Crippen LogP contribution >= 0.6 is 0 Å². The average Bonchev–Trinajstić information content (AvgIpc) is 2.43. The van der Waals surface area contributed by atoms with Gasteiger partial charge in [0, 0.05) is 12.1 Å². The number of ether oxygens (including phenoxy) is 1. The summed E-state index contributed by atoms with van der Waals surface area (Å²) < 4.78 is 5.34. The minimum atomic E-state index is -0.494. The van der Waals surface area contributed by atoms with E-state index in [1.54, 1.807) is 7.11 Å². The molecule has 0 aliphatic heterocycles. The number of aliphatic hydroxyl groups is 1. The van der Waals surface area contributed by atoms with Crippen LogP contribution < -0.4 is 4.74 Å². The largest absolute Gasteiger partial charge is 0.496 e. The van der Waals surface area contributed by atoms with Gasteiger partial charge in [0.1, 0.15) is 5.75 Å². The molecule has 3 nitrogen and oxygen atoms in total. The first-order valence-corrected chi connectivity index (χ1v) is 7.17. The number of benzene rings is 1. The molecule has 0 saturated heterocycles. The average molecular weight is 265 g/mol. The molecule has 108 valence electrons. The molecular weight excluding hydrogens is 238 g/mol. The van der Waals surface area contributed by atoms with Crippen molar-refractivity contribution in [3.8, 4) is 5.75 Å². The van der Waals surface area contributed by atoms with Crippen molar-refractivity contribution < 1.29 is 9.84 Å². The Hall–Kier alpha value is -1.06. The van der Waals surface area contributed by atoms with Gasteiger partial charge >= 0.3 is 0 Å². The first-order chi connectivity index (χ1) is 9.12. The number of methoxy groups -OCH3 is 1. The van der Waals surface area contributed by atoms with E-state index in [1.807, 2.05) is 25.1 Å². The molecule has 0 aromatic heterocycles. The van der Waals surface area contributed by atoms with Crippen LogP contribution in [0.4, 0.5) is 0 Å². The highest BCUT2D eigenvalue weighted by atomic mass is 16.5. The minimum absolute atomic E-state index is 0.494. The van der Waals surface area contributed by atoms with Crippen molar-refractivity contribution in [2.24, 2.45) is 0 Å². The molecule has 1 rings (SSSR count). The van der Waals surface area contributed by atoms with E-state index in [-0.39, 0.29) is 0 Å². The van der Waals surface area contributed by atoms with Crippen LogP contribution in [0.1, 0.15) is 43.9 Å². The zero-order valence-electron chi connectivity index (χ0n) is 12.6. The summed E-state index contributed by atoms with van der Waals surface area (Å²) in [6.07, 6.45) is 1.86. The maximum Gasteiger partial charge on any atom is 0.124 e. The highest BCUT2D eigenvalue weighted by molar-refractivity contribution is 5.38. The lowest BCUT2D eigenvalue weighted by Crippen LogP contribution is -2.29. The lowest BCUT2D eigenvalue weighted by molar-refractivity contribution is 0.112. The summed E-state index contributed by atoms with van der Waals surface area (Å²) in [5, 5.41) is 10.4. The molecule has 0 saturated carbocycles. The molecule has 3 heteroatoms. The van der Waals surface area contributed by atoms with Gasteiger partial charge in [0.05, 0.1) is 13.2 Å². The fourth-order valence-corrected chi connectivity index (χ4v) is 2.22. The van der Waals surface area contributed by atoms with Crippen LogP contribution in [0.5, 0.6) is 5.75 Å². The van der Waals surface area contributed by atoms with Gasteiger partial charge in [-0.25, -0.2) is 0 Å². The SMILES string of the molecule is CCCCN(CC)CC(O)c1cc(C)ccc1OC. The molecule has 1 atom stereocenters. The number of hydrogen-bond acceptors (Lipinski definition) is 3. The summed E-state index contributed by atoms with van der Waals surface area (Å²) in [7, 11) is 1.65. The number of aryl methyl sites for hydroxylation is 1. The van der Waals surface area contributed by atoms with Gasteiger partial charge in [-0.3, -0.25) is 0 Å². The van der Waals surface area contributed by atoms with E-state index in [0.29, 0.717) is 6.54 Å². The van der Waals surface area contributed by atoms with Crippen LogP contribution in [-0.2, 0) is 0 Å². The van der Waals surface area contributed by atoms with E-state index in [0.717, 1.165) is 30.0 Å². The molecule has 0 spiro atoms. The standard InChI is InChI=1S/C16H27NO2/c1-5-7-10-17(6-2)12-15(18)14-11-13(3)8-9-16(14)19-4/h8-9,11,15,18H,5-7,10,12H2,1-4H3. The predicted molar refractivity (Wildman–Crippen MR) is 79.7 cm³/mol. The van der Waals surface area contributed by atoms with Crippen molar-refractivity contribution in [2.75, 3.05) is 26.7 Å². The summed E-state index contributed by atoms with van der Waals surface area (Å²) in [4.78, 5) is 2.29. The highest BCUT2D eigenvalue weighted by Crippen LogP contribution is 2.26. The van der Waals surface area contributed by atoms with E-state index in [2.05, 4.69) is 18.7 Å². The molecule has 1 unspecified atom stereocenters. The molecule has 1 N–H and O–H groups in total. The molecule has 0 fully saturated rings. The monoisotopic (exact) mass is 265 g/mol. The second-order valence-corrected chi connectivity index (χ2v) is 5.01. The third-order valence-electron chi connectivity index (χ3n) is 3.45. The summed E-state index contributed by atoms with van der Waals surface area (Å²) in [6, 6.07) is 5.94. The fraction of sp³-hybridized carbons (Fsp3) is 0.625. The van der Waals surface area contributed by atoms with Crippen molar-refractivity contribution in [3.05, 3.63) is 29.3 Å². The Morgan fingerprint density at radius 1 is 1.32 bits per heavy atom. The third kappa shape index (κ3) is 4.84. The number of unbranched alkanes of at least 4 members (excludes halogenated alkanes) is 1. The lowest BCUT2D eigenvalue weighted by atomic mass is 10.0. The third-order valence-corrected chi connectivity index (χ3v) is 3.45. The highest BCUT2D eigenvalue weighted by Gasteiger charge is 2.16. The Balaban J connectivity index is 2.75. The maximum absolute atomic E-state index is 10.4. The number of nitrogens with zero attached hydrogens (tertiary/aromatic N) is 1. The van der Waals surface area contributed by atoms with Crippen LogP contribution in [-0.4, -0.2) is 36.8 Å². The number of aliphatic hydroxyl groups excluding tert-OH is 1. The van der Waals surface area contributed by atoms with Gasteiger partial charge in [-0.05, 0) is 38.6 Å². The molecule has 0 bridgehead atoms. The Bertz CT molecular complexity index is 379. The minimum Gasteiger partial charge on any atom is -0.496 e. The van der Waals surface area contributed by atoms with Gasteiger partial charge in [-0.2, -0.15) is 0 Å². The number of likely N-dealkylation sites (N-methyl/N-ethyl adjacent to an activating group) is 1. The molecule has 0 radical (unpaired) electrons. The fourth-order valence-electron chi connectivity index (χ4n) is 2.22. The predicted octanol–water partition coefficient (Wildman–Crippen LogP) is 3.16. The van der Waals surface area contributed by atoms with Gasteiger partial charge in [0.15, 0.2) is 0 Å². The normalized spacial score (nSPS) is 12.7. The second kappa shape index (κ2) is 8.18. The van der Waals surface area contributed by atoms with Crippen molar-refractivity contribution >= 4 is 0 Å². The van der Waals surface area contributed by atoms with Crippen LogP contribution in [0.2, 0.25) is 0 Å². The zero-order valence-corrected chi connectivity index (χ0v) is 12.6. The summed E-state index contributed by atoms with van der Waals surface area (Å²) in [5.41, 5.74) is 2.03. The molecule has 19 heavy (non-hydrogen) atoms. The van der Waals surface area contributed by atoms with E-state index in [1.165, 1.54) is 12.8 Å². The summed E-state index contributed by atoms with van der Waals surface area (Å²) in [6.45, 7) is 9.02.